The van der Waals surface area contributed by atoms with Crippen molar-refractivity contribution in [3.63, 3.8) is 0 Å². The first-order chi connectivity index (χ1) is 27.2. The van der Waals surface area contributed by atoms with Crippen LogP contribution in [0.4, 0.5) is 5.69 Å². The smallest absolute Gasteiger partial charge is 0.143 e. The number of anilines is 1. The first-order valence-electron chi connectivity index (χ1n) is 20.4. The van der Waals surface area contributed by atoms with E-state index in [1.54, 1.807) is 5.56 Å². The Bertz CT molecular complexity index is 2730. The summed E-state index contributed by atoms with van der Waals surface area (Å²) in [6, 6.07) is 45.6. The standard InChI is InChI=1S/C53H45NO/c1-34-31-39(35-13-4-2-5-14-35)27-30-48(34)54(41-28-25-37(26-29-41)43-21-12-24-50-52(43)47-33-40-32-46(40)53(47)55-50)49-23-9-8-19-44(49)45-22-11-18-38-17-10-20-42(51(38)45)36-15-6-3-7-16-36/h2,4-5,8-14,17-22,24-34,36,48-49H,3,6-7,15-16,23H2,1H3. The van der Waals surface area contributed by atoms with Crippen molar-refractivity contribution in [3.05, 3.63) is 174 Å². The zero-order valence-electron chi connectivity index (χ0n) is 31.4. The van der Waals surface area contributed by atoms with E-state index in [-0.39, 0.29) is 12.1 Å². The van der Waals surface area contributed by atoms with Gasteiger partial charge in [-0.3, -0.25) is 0 Å². The molecule has 2 nitrogen and oxygen atoms in total. The molecule has 0 saturated heterocycles. The molecule has 0 bridgehead atoms. The third-order valence-corrected chi connectivity index (χ3v) is 12.9. The second-order valence-electron chi connectivity index (χ2n) is 16.2. The van der Waals surface area contributed by atoms with Gasteiger partial charge < -0.3 is 9.32 Å². The minimum atomic E-state index is 0.164. The number of rotatable bonds is 7. The molecule has 0 N–H and O–H groups in total. The summed E-state index contributed by atoms with van der Waals surface area (Å²) >= 11 is 0. The topological polar surface area (TPSA) is 16.4 Å². The van der Waals surface area contributed by atoms with Crippen molar-refractivity contribution in [2.45, 2.75) is 63.5 Å². The molecule has 1 aromatic heterocycles. The first kappa shape index (κ1) is 32.6. The quantitative estimate of drug-likeness (QED) is 0.164. The summed E-state index contributed by atoms with van der Waals surface area (Å²) in [7, 11) is 0. The maximum absolute atomic E-state index is 6.38. The fraction of sp³-hybridized carbons (Fsp3) is 0.208. The highest BCUT2D eigenvalue weighted by Crippen LogP contribution is 2.49. The van der Waals surface area contributed by atoms with Crippen LogP contribution in [-0.4, -0.2) is 12.1 Å². The third kappa shape index (κ3) is 5.53. The molecule has 5 aliphatic carbocycles. The molecule has 5 aromatic carbocycles. The second kappa shape index (κ2) is 13.2. The van der Waals surface area contributed by atoms with E-state index in [2.05, 4.69) is 170 Å². The van der Waals surface area contributed by atoms with Gasteiger partial charge in [-0.25, -0.2) is 0 Å². The Morgan fingerprint density at radius 3 is 2.31 bits per heavy atom. The maximum Gasteiger partial charge on any atom is 0.143 e. The highest BCUT2D eigenvalue weighted by Gasteiger charge is 2.34. The molecule has 3 unspecified atom stereocenters. The molecule has 2 heteroatoms. The fourth-order valence-corrected chi connectivity index (χ4v) is 10.2. The molecule has 268 valence electrons. The van der Waals surface area contributed by atoms with Gasteiger partial charge in [0.2, 0.25) is 0 Å². The van der Waals surface area contributed by atoms with Gasteiger partial charge in [-0.2, -0.15) is 0 Å². The third-order valence-electron chi connectivity index (χ3n) is 12.9. The lowest BCUT2D eigenvalue weighted by Crippen LogP contribution is -2.47. The lowest BCUT2D eigenvalue weighted by molar-refractivity contribution is 0.445. The molecule has 1 fully saturated rings. The molecule has 0 aliphatic heterocycles. The highest BCUT2D eigenvalue weighted by molar-refractivity contribution is 6.21. The normalized spacial score (nSPS) is 20.6. The summed E-state index contributed by atoms with van der Waals surface area (Å²) in [6.07, 6.45) is 22.0. The van der Waals surface area contributed by atoms with Crippen LogP contribution in [0.15, 0.2) is 162 Å². The number of allylic oxidation sites excluding steroid dienone is 4. The van der Waals surface area contributed by atoms with Gasteiger partial charge in [0.25, 0.3) is 0 Å². The maximum atomic E-state index is 6.38. The molecule has 0 amide bonds. The molecule has 6 aromatic rings. The van der Waals surface area contributed by atoms with Crippen molar-refractivity contribution in [1.29, 1.82) is 0 Å². The summed E-state index contributed by atoms with van der Waals surface area (Å²) < 4.78 is 6.38. The lowest BCUT2D eigenvalue weighted by Gasteiger charge is -2.44. The Hall–Kier alpha value is -5.86. The Morgan fingerprint density at radius 1 is 0.673 bits per heavy atom. The molecular weight excluding hydrogens is 667 g/mol. The SMILES string of the molecule is CC1C=C(c2ccccc2)C=CC1N(c1ccc(-c2cccc3oc4c5cc-5cc4c23)cc1)C1CC=CC=C1c1cccc2cccc(C3CCCCC3)c12. The van der Waals surface area contributed by atoms with E-state index < -0.39 is 0 Å². The van der Waals surface area contributed by atoms with Crippen molar-refractivity contribution < 1.29 is 4.42 Å². The molecule has 3 atom stereocenters. The van der Waals surface area contributed by atoms with Crippen molar-refractivity contribution in [3.8, 4) is 22.3 Å². The molecular formula is C53H45NO. The van der Waals surface area contributed by atoms with Gasteiger partial charge >= 0.3 is 0 Å². The van der Waals surface area contributed by atoms with Gasteiger partial charge in [0, 0.05) is 22.0 Å². The summed E-state index contributed by atoms with van der Waals surface area (Å²) in [5, 5.41) is 5.27. The van der Waals surface area contributed by atoms with Gasteiger partial charge in [-0.1, -0.05) is 154 Å². The van der Waals surface area contributed by atoms with E-state index in [9.17, 15) is 0 Å². The molecule has 0 spiro atoms. The van der Waals surface area contributed by atoms with Crippen LogP contribution in [0.5, 0.6) is 0 Å². The zero-order chi connectivity index (χ0) is 36.5. The van der Waals surface area contributed by atoms with Gasteiger partial charge in [0.15, 0.2) is 0 Å². The van der Waals surface area contributed by atoms with E-state index in [0.717, 1.165) is 17.6 Å². The number of nitrogens with zero attached hydrogens (tertiary/aromatic N) is 1. The minimum absolute atomic E-state index is 0.164. The van der Waals surface area contributed by atoms with E-state index >= 15 is 0 Å². The van der Waals surface area contributed by atoms with Crippen LogP contribution < -0.4 is 4.90 Å². The van der Waals surface area contributed by atoms with Crippen LogP contribution >= 0.6 is 0 Å². The van der Waals surface area contributed by atoms with Gasteiger partial charge in [-0.15, -0.1) is 0 Å². The largest absolute Gasteiger partial charge is 0.455 e. The van der Waals surface area contributed by atoms with Crippen molar-refractivity contribution in [2.75, 3.05) is 4.90 Å². The van der Waals surface area contributed by atoms with Crippen molar-refractivity contribution in [1.82, 2.24) is 0 Å². The average molecular weight is 712 g/mol. The average Bonchev–Trinajstić information content (AvgIpc) is 3.78. The minimum Gasteiger partial charge on any atom is -0.455 e. The van der Waals surface area contributed by atoms with Crippen LogP contribution in [0.1, 0.15) is 68.1 Å². The Kier molecular flexibility index (Phi) is 7.79. The molecule has 0 radical (unpaired) electrons. The van der Waals surface area contributed by atoms with Crippen molar-refractivity contribution in [2.24, 2.45) is 5.92 Å². The van der Waals surface area contributed by atoms with Crippen molar-refractivity contribution >= 4 is 49.5 Å². The Labute approximate surface area is 323 Å². The van der Waals surface area contributed by atoms with E-state index in [4.69, 9.17) is 4.42 Å². The number of hydrogen-bond donors (Lipinski definition) is 0. The van der Waals surface area contributed by atoms with Crippen LogP contribution in [0.2, 0.25) is 0 Å². The van der Waals surface area contributed by atoms with Gasteiger partial charge in [0.05, 0.1) is 12.1 Å². The molecule has 5 aliphatic rings. The number of fused-ring (bicyclic) bond motifs is 6. The number of benzene rings is 6. The van der Waals surface area contributed by atoms with E-state index in [0.29, 0.717) is 11.8 Å². The zero-order valence-corrected chi connectivity index (χ0v) is 31.4. The summed E-state index contributed by atoms with van der Waals surface area (Å²) in [5.41, 5.74) is 15.2. The van der Waals surface area contributed by atoms with Crippen LogP contribution in [-0.2, 0) is 0 Å². The predicted molar refractivity (Wildman–Crippen MR) is 232 cm³/mol. The van der Waals surface area contributed by atoms with E-state index in [1.807, 2.05) is 0 Å². The molecule has 1 heterocycles. The summed E-state index contributed by atoms with van der Waals surface area (Å²) in [4.78, 5) is 2.74. The highest BCUT2D eigenvalue weighted by atomic mass is 16.3. The van der Waals surface area contributed by atoms with Crippen LogP contribution in [0.25, 0.3) is 66.1 Å². The lowest BCUT2D eigenvalue weighted by atomic mass is 9.79. The Balaban J connectivity index is 1.03. The van der Waals surface area contributed by atoms with Crippen LogP contribution in [0.3, 0.4) is 0 Å². The molecule has 1 saturated carbocycles. The monoisotopic (exact) mass is 711 g/mol. The fourth-order valence-electron chi connectivity index (χ4n) is 10.2. The van der Waals surface area contributed by atoms with E-state index in [1.165, 1.54) is 104 Å². The predicted octanol–water partition coefficient (Wildman–Crippen LogP) is 14.3. The second-order valence-corrected chi connectivity index (χ2v) is 16.2. The van der Waals surface area contributed by atoms with Gasteiger partial charge in [-0.05, 0) is 117 Å². The summed E-state index contributed by atoms with van der Waals surface area (Å²) in [6.45, 7) is 2.40. The number of furan rings is 1. The van der Waals surface area contributed by atoms with Gasteiger partial charge in [0.1, 0.15) is 11.2 Å². The van der Waals surface area contributed by atoms with Crippen LogP contribution in [0, 0.1) is 5.92 Å². The number of hydrogen-bond acceptors (Lipinski definition) is 2. The summed E-state index contributed by atoms with van der Waals surface area (Å²) in [5.74, 6) is 0.927. The Morgan fingerprint density at radius 2 is 1.47 bits per heavy atom. The first-order valence-corrected chi connectivity index (χ1v) is 20.4. The molecule has 11 rings (SSSR count). The molecule has 55 heavy (non-hydrogen) atoms.